The van der Waals surface area contributed by atoms with E-state index in [0.29, 0.717) is 11.7 Å². The van der Waals surface area contributed by atoms with Crippen LogP contribution < -0.4 is 5.73 Å². The molecule has 1 fully saturated rings. The van der Waals surface area contributed by atoms with Gasteiger partial charge in [-0.25, -0.2) is 4.98 Å². The molecule has 2 rings (SSSR count). The lowest BCUT2D eigenvalue weighted by Crippen LogP contribution is -2.41. The topological polar surface area (TPSA) is 38.9 Å². The number of rotatable bonds is 2. The highest BCUT2D eigenvalue weighted by Crippen LogP contribution is 2.45. The molecule has 2 N–H and O–H groups in total. The van der Waals surface area contributed by atoms with Gasteiger partial charge in [0.15, 0.2) is 0 Å². The van der Waals surface area contributed by atoms with Crippen molar-refractivity contribution in [2.75, 3.05) is 6.54 Å². The Hall–Kier alpha value is -0.120. The summed E-state index contributed by atoms with van der Waals surface area (Å²) in [5, 5.41) is 0.544. The second kappa shape index (κ2) is 3.80. The Kier molecular flexibility index (Phi) is 2.82. The molecule has 0 radical (unpaired) electrons. The normalized spacial score (nSPS) is 19.1. The number of halogens is 2. The van der Waals surface area contributed by atoms with Crippen molar-refractivity contribution in [2.24, 2.45) is 5.73 Å². The first-order valence-electron chi connectivity index (χ1n) is 4.69. The van der Waals surface area contributed by atoms with Crippen LogP contribution in [0.25, 0.3) is 0 Å². The van der Waals surface area contributed by atoms with Gasteiger partial charge in [-0.3, -0.25) is 0 Å². The van der Waals surface area contributed by atoms with Gasteiger partial charge in [0.05, 0.1) is 0 Å². The van der Waals surface area contributed by atoms with Gasteiger partial charge in [-0.1, -0.05) is 18.0 Å². The van der Waals surface area contributed by atoms with Crippen molar-refractivity contribution in [3.05, 3.63) is 27.5 Å². The largest absolute Gasteiger partial charge is 0.330 e. The van der Waals surface area contributed by atoms with E-state index in [1.165, 1.54) is 12.0 Å². The van der Waals surface area contributed by atoms with Gasteiger partial charge in [0.25, 0.3) is 0 Å². The van der Waals surface area contributed by atoms with E-state index in [1.54, 1.807) is 6.20 Å². The Morgan fingerprint density at radius 2 is 2.29 bits per heavy atom. The zero-order chi connectivity index (χ0) is 10.2. The lowest BCUT2D eigenvalue weighted by atomic mass is 9.65. The Morgan fingerprint density at radius 1 is 1.57 bits per heavy atom. The first kappa shape index (κ1) is 10.4. The molecule has 0 saturated heterocycles. The molecule has 1 aliphatic carbocycles. The van der Waals surface area contributed by atoms with E-state index in [4.69, 9.17) is 17.3 Å². The van der Waals surface area contributed by atoms with Gasteiger partial charge < -0.3 is 5.73 Å². The summed E-state index contributed by atoms with van der Waals surface area (Å²) in [6, 6.07) is 1.93. The van der Waals surface area contributed by atoms with Crippen LogP contribution in [0.3, 0.4) is 0 Å². The molecule has 0 unspecified atom stereocenters. The van der Waals surface area contributed by atoms with E-state index in [0.717, 1.165) is 17.3 Å². The molecule has 76 valence electrons. The van der Waals surface area contributed by atoms with Crippen molar-refractivity contribution in [3.63, 3.8) is 0 Å². The minimum absolute atomic E-state index is 0.144. The molecule has 1 aromatic heterocycles. The average molecular weight is 276 g/mol. The summed E-state index contributed by atoms with van der Waals surface area (Å²) in [4.78, 5) is 4.02. The van der Waals surface area contributed by atoms with Crippen molar-refractivity contribution in [3.8, 4) is 0 Å². The summed E-state index contributed by atoms with van der Waals surface area (Å²) in [7, 11) is 0. The number of nitrogens with two attached hydrogens (primary N) is 1. The van der Waals surface area contributed by atoms with Gasteiger partial charge in [-0.05, 0) is 40.4 Å². The molecule has 1 saturated carbocycles. The van der Waals surface area contributed by atoms with E-state index < -0.39 is 0 Å². The third-order valence-electron chi connectivity index (χ3n) is 3.09. The fraction of sp³-hybridized carbons (Fsp3) is 0.500. The van der Waals surface area contributed by atoms with Crippen LogP contribution in [0.15, 0.2) is 16.7 Å². The average Bonchev–Trinajstić information content (AvgIpc) is 2.10. The molecule has 0 spiro atoms. The third kappa shape index (κ3) is 1.58. The number of pyridine rings is 1. The van der Waals surface area contributed by atoms with Gasteiger partial charge in [-0.15, -0.1) is 0 Å². The molecule has 0 aliphatic heterocycles. The Balaban J connectivity index is 2.43. The molecule has 14 heavy (non-hydrogen) atoms. The molecule has 1 aliphatic rings. The Labute approximate surface area is 97.0 Å². The molecule has 0 atom stereocenters. The summed E-state index contributed by atoms with van der Waals surface area (Å²) in [5.74, 6) is 0. The number of nitrogens with zero attached hydrogens (tertiary/aromatic N) is 1. The smallest absolute Gasteiger partial charge is 0.129 e. The number of hydrogen-bond acceptors (Lipinski definition) is 2. The third-order valence-corrected chi connectivity index (χ3v) is 3.93. The second-order valence-corrected chi connectivity index (χ2v) is 5.07. The van der Waals surface area contributed by atoms with Crippen LogP contribution in [-0.2, 0) is 5.41 Å². The fourth-order valence-corrected chi connectivity index (χ4v) is 2.80. The van der Waals surface area contributed by atoms with Crippen LogP contribution in [0.2, 0.25) is 5.15 Å². The van der Waals surface area contributed by atoms with Crippen molar-refractivity contribution >= 4 is 27.5 Å². The summed E-state index contributed by atoms with van der Waals surface area (Å²) in [6.07, 6.45) is 5.32. The van der Waals surface area contributed by atoms with Gasteiger partial charge >= 0.3 is 0 Å². The van der Waals surface area contributed by atoms with Gasteiger partial charge in [0, 0.05) is 22.6 Å². The fourth-order valence-electron chi connectivity index (χ4n) is 2.01. The van der Waals surface area contributed by atoms with Gasteiger partial charge in [0.1, 0.15) is 5.15 Å². The summed E-state index contributed by atoms with van der Waals surface area (Å²) in [5.41, 5.74) is 7.19. The predicted octanol–water partition coefficient (Wildman–Crippen LogP) is 2.88. The van der Waals surface area contributed by atoms with Crippen LogP contribution in [0.4, 0.5) is 0 Å². The highest BCUT2D eigenvalue weighted by Gasteiger charge is 2.38. The molecular formula is C10H12BrClN2. The number of aromatic nitrogens is 1. The summed E-state index contributed by atoms with van der Waals surface area (Å²) >= 11 is 9.39. The SMILES string of the molecule is NCC1(c2cc(Cl)ncc2Br)CCC1. The predicted molar refractivity (Wildman–Crippen MR) is 61.5 cm³/mol. The molecule has 4 heteroatoms. The van der Waals surface area contributed by atoms with Crippen molar-refractivity contribution in [1.82, 2.24) is 4.98 Å². The Morgan fingerprint density at radius 3 is 2.79 bits per heavy atom. The highest BCUT2D eigenvalue weighted by molar-refractivity contribution is 9.10. The Bertz CT molecular complexity index is 344. The zero-order valence-corrected chi connectivity index (χ0v) is 10.1. The van der Waals surface area contributed by atoms with Crippen LogP contribution in [0.1, 0.15) is 24.8 Å². The van der Waals surface area contributed by atoms with Crippen molar-refractivity contribution < 1.29 is 0 Å². The maximum absolute atomic E-state index is 5.89. The molecule has 0 aromatic carbocycles. The number of hydrogen-bond donors (Lipinski definition) is 1. The minimum Gasteiger partial charge on any atom is -0.330 e. The van der Waals surface area contributed by atoms with E-state index in [9.17, 15) is 0 Å². The molecule has 0 amide bonds. The summed E-state index contributed by atoms with van der Waals surface area (Å²) in [6.45, 7) is 0.686. The maximum Gasteiger partial charge on any atom is 0.129 e. The van der Waals surface area contributed by atoms with Crippen LogP contribution >= 0.6 is 27.5 Å². The second-order valence-electron chi connectivity index (χ2n) is 3.82. The lowest BCUT2D eigenvalue weighted by molar-refractivity contribution is 0.252. The highest BCUT2D eigenvalue weighted by atomic mass is 79.9. The molecule has 1 heterocycles. The lowest BCUT2D eigenvalue weighted by Gasteiger charge is -2.42. The van der Waals surface area contributed by atoms with E-state index in [2.05, 4.69) is 20.9 Å². The zero-order valence-electron chi connectivity index (χ0n) is 7.76. The van der Waals surface area contributed by atoms with Gasteiger partial charge in [0.2, 0.25) is 0 Å². The molecule has 0 bridgehead atoms. The van der Waals surface area contributed by atoms with E-state index in [-0.39, 0.29) is 5.41 Å². The van der Waals surface area contributed by atoms with Crippen molar-refractivity contribution in [1.29, 1.82) is 0 Å². The van der Waals surface area contributed by atoms with Crippen LogP contribution in [0, 0.1) is 0 Å². The van der Waals surface area contributed by atoms with E-state index >= 15 is 0 Å². The molecular weight excluding hydrogens is 263 g/mol. The first-order chi connectivity index (χ1) is 6.68. The maximum atomic E-state index is 5.89. The summed E-state index contributed by atoms with van der Waals surface area (Å²) < 4.78 is 1.02. The standard InChI is InChI=1S/C10H12BrClN2/c11-8-5-14-9(12)4-7(8)10(6-13)2-1-3-10/h4-5H,1-3,6,13H2. The molecule has 2 nitrogen and oxygen atoms in total. The quantitative estimate of drug-likeness (QED) is 0.843. The monoisotopic (exact) mass is 274 g/mol. The van der Waals surface area contributed by atoms with Crippen molar-refractivity contribution in [2.45, 2.75) is 24.7 Å². The van der Waals surface area contributed by atoms with Crippen LogP contribution in [-0.4, -0.2) is 11.5 Å². The van der Waals surface area contributed by atoms with Crippen LogP contribution in [0.5, 0.6) is 0 Å². The molecule has 1 aromatic rings. The van der Waals surface area contributed by atoms with E-state index in [1.807, 2.05) is 6.07 Å². The minimum atomic E-state index is 0.144. The first-order valence-corrected chi connectivity index (χ1v) is 5.87. The van der Waals surface area contributed by atoms with Gasteiger partial charge in [-0.2, -0.15) is 0 Å².